The van der Waals surface area contributed by atoms with Gasteiger partial charge in [0, 0.05) is 48.7 Å². The lowest BCUT2D eigenvalue weighted by Crippen LogP contribution is -2.50. The summed E-state index contributed by atoms with van der Waals surface area (Å²) in [5.74, 6) is 1.54. The number of nitrogens with zero attached hydrogens (tertiary/aromatic N) is 2. The molecule has 1 aromatic carbocycles. The Labute approximate surface area is 191 Å². The average Bonchev–Trinajstić information content (AvgIpc) is 3.22. The van der Waals surface area contributed by atoms with Crippen LogP contribution >= 0.6 is 35.6 Å². The topological polar surface area (TPSA) is 39.7 Å². The molecule has 156 valence electrons. The normalized spacial score (nSPS) is 26.7. The van der Waals surface area contributed by atoms with Gasteiger partial charge >= 0.3 is 0 Å². The lowest BCUT2D eigenvalue weighted by molar-refractivity contribution is 0.150. The first kappa shape index (κ1) is 22.2. The van der Waals surface area contributed by atoms with Gasteiger partial charge in [-0.1, -0.05) is 36.6 Å². The van der Waals surface area contributed by atoms with Crippen LogP contribution in [0.15, 0.2) is 29.3 Å². The molecule has 28 heavy (non-hydrogen) atoms. The smallest absolute Gasteiger partial charge is 0.191 e. The molecule has 1 heterocycles. The van der Waals surface area contributed by atoms with E-state index in [0.29, 0.717) is 18.0 Å². The Morgan fingerprint density at radius 3 is 2.57 bits per heavy atom. The molecular weight excluding hydrogens is 483 g/mol. The largest absolute Gasteiger partial charge is 0.354 e. The van der Waals surface area contributed by atoms with Gasteiger partial charge in [0.1, 0.15) is 0 Å². The Bertz CT molecular complexity index is 654. The molecule has 2 saturated carbocycles. The summed E-state index contributed by atoms with van der Waals surface area (Å²) < 4.78 is 0. The number of benzene rings is 1. The Morgan fingerprint density at radius 1 is 1.14 bits per heavy atom. The highest BCUT2D eigenvalue weighted by Crippen LogP contribution is 2.41. The van der Waals surface area contributed by atoms with Crippen LogP contribution in [0.5, 0.6) is 0 Å². The molecule has 2 N–H and O–H groups in total. The van der Waals surface area contributed by atoms with Crippen LogP contribution in [0.1, 0.15) is 63.4 Å². The third-order valence-electron chi connectivity index (χ3n) is 6.42. The van der Waals surface area contributed by atoms with Crippen molar-refractivity contribution in [3.63, 3.8) is 0 Å². The summed E-state index contributed by atoms with van der Waals surface area (Å²) in [7, 11) is 0. The molecule has 0 radical (unpaired) electrons. The molecule has 4 rings (SSSR count). The molecule has 0 spiro atoms. The monoisotopic (exact) mass is 516 g/mol. The van der Waals surface area contributed by atoms with Crippen LogP contribution in [0.2, 0.25) is 5.02 Å². The number of hydrogen-bond donors (Lipinski definition) is 2. The molecule has 3 aliphatic rings. The Morgan fingerprint density at radius 2 is 1.89 bits per heavy atom. The standard InChI is InChI=1S/C22H33ClN4.HI/c1-2-24-22(26-21-15-20(21)16-6-5-7-17(23)14-16)25-18-10-12-27(13-11-18)19-8-3-4-9-19;/h5-7,14,18-21H,2-4,8-13,15H2,1H3,(H2,24,25,26);1H. The molecule has 1 aromatic rings. The summed E-state index contributed by atoms with van der Waals surface area (Å²) in [5, 5.41) is 8.19. The molecule has 0 amide bonds. The Balaban J connectivity index is 0.00000225. The number of aliphatic imine (C=N–C) groups is 1. The quantitative estimate of drug-likeness (QED) is 0.336. The minimum Gasteiger partial charge on any atom is -0.354 e. The second-order valence-corrected chi connectivity index (χ2v) is 8.80. The maximum absolute atomic E-state index is 6.15. The van der Waals surface area contributed by atoms with Crippen molar-refractivity contribution in [1.29, 1.82) is 0 Å². The second-order valence-electron chi connectivity index (χ2n) is 8.36. The molecule has 6 heteroatoms. The Hall–Kier alpha value is -0.530. The fraction of sp³-hybridized carbons (Fsp3) is 0.682. The molecule has 2 aliphatic carbocycles. The molecule has 0 bridgehead atoms. The fourth-order valence-electron chi connectivity index (χ4n) is 4.80. The van der Waals surface area contributed by atoms with Gasteiger partial charge in [-0.2, -0.15) is 0 Å². The van der Waals surface area contributed by atoms with Crippen molar-refractivity contribution < 1.29 is 0 Å². The zero-order valence-corrected chi connectivity index (χ0v) is 20.0. The summed E-state index contributed by atoms with van der Waals surface area (Å²) in [5.41, 5.74) is 1.33. The van der Waals surface area contributed by atoms with Crippen LogP contribution in [-0.4, -0.2) is 48.6 Å². The van der Waals surface area contributed by atoms with E-state index in [1.807, 2.05) is 12.1 Å². The highest BCUT2D eigenvalue weighted by molar-refractivity contribution is 14.0. The number of rotatable bonds is 5. The minimum absolute atomic E-state index is 0. The van der Waals surface area contributed by atoms with E-state index in [-0.39, 0.29) is 24.0 Å². The zero-order chi connectivity index (χ0) is 18.6. The van der Waals surface area contributed by atoms with Crippen molar-refractivity contribution in [2.24, 2.45) is 4.99 Å². The van der Waals surface area contributed by atoms with E-state index in [4.69, 9.17) is 16.6 Å². The van der Waals surface area contributed by atoms with E-state index in [1.54, 1.807) is 0 Å². The highest BCUT2D eigenvalue weighted by Gasteiger charge is 2.39. The number of likely N-dealkylation sites (tertiary alicyclic amines) is 1. The van der Waals surface area contributed by atoms with E-state index in [1.165, 1.54) is 57.2 Å². The van der Waals surface area contributed by atoms with Crippen molar-refractivity contribution in [3.05, 3.63) is 34.9 Å². The van der Waals surface area contributed by atoms with Crippen molar-refractivity contribution in [1.82, 2.24) is 15.5 Å². The van der Waals surface area contributed by atoms with Gasteiger partial charge in [-0.15, -0.1) is 24.0 Å². The molecule has 4 nitrogen and oxygen atoms in total. The second kappa shape index (κ2) is 10.5. The number of hydrogen-bond acceptors (Lipinski definition) is 2. The SMILES string of the molecule is CCN=C(NC1CCN(C2CCCC2)CC1)NC1CC1c1cccc(Cl)c1.I. The van der Waals surface area contributed by atoms with Gasteiger partial charge < -0.3 is 15.5 Å². The van der Waals surface area contributed by atoms with Crippen LogP contribution in [-0.2, 0) is 0 Å². The molecule has 2 unspecified atom stereocenters. The van der Waals surface area contributed by atoms with Gasteiger partial charge in [-0.25, -0.2) is 0 Å². The zero-order valence-electron chi connectivity index (χ0n) is 16.9. The van der Waals surface area contributed by atoms with E-state index in [9.17, 15) is 0 Å². The minimum atomic E-state index is 0. The summed E-state index contributed by atoms with van der Waals surface area (Å²) in [6, 6.07) is 10.1. The summed E-state index contributed by atoms with van der Waals surface area (Å²) >= 11 is 6.15. The summed E-state index contributed by atoms with van der Waals surface area (Å²) in [6.45, 7) is 5.38. The van der Waals surface area contributed by atoms with Crippen LogP contribution in [0, 0.1) is 0 Å². The first-order chi connectivity index (χ1) is 13.2. The van der Waals surface area contributed by atoms with Crippen molar-refractivity contribution in [3.8, 4) is 0 Å². The van der Waals surface area contributed by atoms with E-state index in [2.05, 4.69) is 34.6 Å². The molecule has 2 atom stereocenters. The van der Waals surface area contributed by atoms with Crippen LogP contribution < -0.4 is 10.6 Å². The molecule has 3 fully saturated rings. The number of guanidine groups is 1. The lowest BCUT2D eigenvalue weighted by atomic mass is 10.0. The molecule has 0 aromatic heterocycles. The van der Waals surface area contributed by atoms with Gasteiger partial charge in [0.05, 0.1) is 0 Å². The third-order valence-corrected chi connectivity index (χ3v) is 6.65. The molecule has 1 aliphatic heterocycles. The van der Waals surface area contributed by atoms with Gasteiger partial charge in [-0.05, 0) is 56.7 Å². The van der Waals surface area contributed by atoms with Crippen LogP contribution in [0.4, 0.5) is 0 Å². The molecular formula is C22H34ClIN4. The number of piperidine rings is 1. The van der Waals surface area contributed by atoms with Crippen molar-refractivity contribution >= 4 is 41.5 Å². The van der Waals surface area contributed by atoms with Crippen LogP contribution in [0.3, 0.4) is 0 Å². The number of nitrogens with one attached hydrogen (secondary N) is 2. The van der Waals surface area contributed by atoms with E-state index < -0.39 is 0 Å². The molecule has 1 saturated heterocycles. The first-order valence-electron chi connectivity index (χ1n) is 10.8. The lowest BCUT2D eigenvalue weighted by Gasteiger charge is -2.36. The summed E-state index contributed by atoms with van der Waals surface area (Å²) in [4.78, 5) is 7.42. The maximum atomic E-state index is 6.15. The first-order valence-corrected chi connectivity index (χ1v) is 11.2. The fourth-order valence-corrected chi connectivity index (χ4v) is 5.00. The van der Waals surface area contributed by atoms with Gasteiger partial charge in [-0.3, -0.25) is 4.99 Å². The van der Waals surface area contributed by atoms with E-state index in [0.717, 1.165) is 30.0 Å². The average molecular weight is 517 g/mol. The maximum Gasteiger partial charge on any atom is 0.191 e. The van der Waals surface area contributed by atoms with Gasteiger partial charge in [0.15, 0.2) is 5.96 Å². The van der Waals surface area contributed by atoms with Gasteiger partial charge in [0.25, 0.3) is 0 Å². The van der Waals surface area contributed by atoms with Gasteiger partial charge in [0.2, 0.25) is 0 Å². The third kappa shape index (κ3) is 5.76. The predicted molar refractivity (Wildman–Crippen MR) is 129 cm³/mol. The Kier molecular flexibility index (Phi) is 8.30. The summed E-state index contributed by atoms with van der Waals surface area (Å²) in [6.07, 6.45) is 9.28. The van der Waals surface area contributed by atoms with E-state index >= 15 is 0 Å². The highest BCUT2D eigenvalue weighted by atomic mass is 127. The number of halogens is 2. The predicted octanol–water partition coefficient (Wildman–Crippen LogP) is 4.78. The van der Waals surface area contributed by atoms with Crippen LogP contribution in [0.25, 0.3) is 0 Å². The van der Waals surface area contributed by atoms with Crippen molar-refractivity contribution in [2.45, 2.75) is 75.9 Å². The van der Waals surface area contributed by atoms with Crippen molar-refractivity contribution in [2.75, 3.05) is 19.6 Å².